The number of carbonyl (C=O) groups is 1. The van der Waals surface area contributed by atoms with E-state index in [1.807, 2.05) is 11.8 Å². The third-order valence-corrected chi connectivity index (χ3v) is 3.90. The Labute approximate surface area is 164 Å². The molecule has 0 unspecified atom stereocenters. The van der Waals surface area contributed by atoms with Crippen LogP contribution in [0.1, 0.15) is 25.3 Å². The minimum absolute atomic E-state index is 0. The molecule has 8 heteroatoms. The lowest BCUT2D eigenvalue weighted by molar-refractivity contribution is -0.128. The van der Waals surface area contributed by atoms with E-state index in [2.05, 4.69) is 15.6 Å². The van der Waals surface area contributed by atoms with Crippen LogP contribution in [0, 0.1) is 11.6 Å². The second-order valence-electron chi connectivity index (χ2n) is 5.66. The van der Waals surface area contributed by atoms with E-state index in [1.54, 1.807) is 0 Å². The smallest absolute Gasteiger partial charge is 0.244 e. The quantitative estimate of drug-likeness (QED) is 0.385. The van der Waals surface area contributed by atoms with Gasteiger partial charge in [0, 0.05) is 31.7 Å². The summed E-state index contributed by atoms with van der Waals surface area (Å²) in [5, 5.41) is 6.03. The molecule has 0 aliphatic carbocycles. The van der Waals surface area contributed by atoms with Crippen molar-refractivity contribution < 1.29 is 13.6 Å². The van der Waals surface area contributed by atoms with Gasteiger partial charge in [0.15, 0.2) is 5.96 Å². The molecule has 1 aliphatic heterocycles. The first-order valence-corrected chi connectivity index (χ1v) is 8.34. The SMILES string of the molecule is CCNC(=NCC(=O)N1CCCC1)NCCc1c(F)cccc1F.I. The zero-order valence-electron chi connectivity index (χ0n) is 14.4. The normalized spacial score (nSPS) is 14.2. The largest absolute Gasteiger partial charge is 0.357 e. The number of nitrogens with one attached hydrogen (secondary N) is 2. The molecule has 25 heavy (non-hydrogen) atoms. The van der Waals surface area contributed by atoms with E-state index in [-0.39, 0.29) is 48.4 Å². The number of guanidine groups is 1. The number of likely N-dealkylation sites (tertiary alicyclic amines) is 1. The average Bonchev–Trinajstić information content (AvgIpc) is 3.09. The molecular formula is C17H25F2IN4O. The zero-order chi connectivity index (χ0) is 17.4. The van der Waals surface area contributed by atoms with Crippen LogP contribution in [-0.2, 0) is 11.2 Å². The van der Waals surface area contributed by atoms with Crippen LogP contribution in [0.25, 0.3) is 0 Å². The third kappa shape index (κ3) is 6.75. The van der Waals surface area contributed by atoms with E-state index in [0.717, 1.165) is 25.9 Å². The van der Waals surface area contributed by atoms with Crippen molar-refractivity contribution in [3.63, 3.8) is 0 Å². The molecule has 0 spiro atoms. The molecule has 0 saturated carbocycles. The van der Waals surface area contributed by atoms with E-state index in [4.69, 9.17) is 0 Å². The Morgan fingerprint density at radius 1 is 1.20 bits per heavy atom. The lowest BCUT2D eigenvalue weighted by Gasteiger charge is -2.15. The second-order valence-corrected chi connectivity index (χ2v) is 5.66. The summed E-state index contributed by atoms with van der Waals surface area (Å²) in [6.07, 6.45) is 2.28. The van der Waals surface area contributed by atoms with E-state index >= 15 is 0 Å². The number of nitrogens with zero attached hydrogens (tertiary/aromatic N) is 2. The van der Waals surface area contributed by atoms with Crippen LogP contribution in [0.5, 0.6) is 0 Å². The summed E-state index contributed by atoms with van der Waals surface area (Å²) in [6, 6.07) is 3.83. The molecule has 1 fully saturated rings. The van der Waals surface area contributed by atoms with Crippen LogP contribution in [0.2, 0.25) is 0 Å². The molecular weight excluding hydrogens is 441 g/mol. The minimum Gasteiger partial charge on any atom is -0.357 e. The first-order valence-electron chi connectivity index (χ1n) is 8.34. The van der Waals surface area contributed by atoms with Crippen molar-refractivity contribution in [2.75, 3.05) is 32.7 Å². The van der Waals surface area contributed by atoms with Gasteiger partial charge in [0.05, 0.1) is 0 Å². The number of hydrogen-bond acceptors (Lipinski definition) is 2. The molecule has 5 nitrogen and oxygen atoms in total. The topological polar surface area (TPSA) is 56.7 Å². The van der Waals surface area contributed by atoms with Crippen LogP contribution in [0.15, 0.2) is 23.2 Å². The summed E-state index contributed by atoms with van der Waals surface area (Å²) in [5.41, 5.74) is 0.0500. The summed E-state index contributed by atoms with van der Waals surface area (Å²) in [6.45, 7) is 4.54. The number of halogens is 3. The Kier molecular flexibility index (Phi) is 9.69. The number of carbonyl (C=O) groups excluding carboxylic acids is 1. The lowest BCUT2D eigenvalue weighted by atomic mass is 10.1. The molecule has 0 aromatic heterocycles. The standard InChI is InChI=1S/C17H24F2N4O.HI/c1-2-20-17(22-12-16(24)23-10-3-4-11-23)21-9-8-13-14(18)6-5-7-15(13)19;/h5-7H,2-4,8-12H2,1H3,(H2,20,21,22);1H. The van der Waals surface area contributed by atoms with Gasteiger partial charge < -0.3 is 15.5 Å². The fraction of sp³-hybridized carbons (Fsp3) is 0.529. The van der Waals surface area contributed by atoms with E-state index < -0.39 is 11.6 Å². The van der Waals surface area contributed by atoms with Gasteiger partial charge >= 0.3 is 0 Å². The molecule has 0 radical (unpaired) electrons. The first-order chi connectivity index (χ1) is 11.6. The highest BCUT2D eigenvalue weighted by Crippen LogP contribution is 2.12. The van der Waals surface area contributed by atoms with Crippen molar-refractivity contribution >= 4 is 35.8 Å². The highest BCUT2D eigenvalue weighted by molar-refractivity contribution is 14.0. The molecule has 1 saturated heterocycles. The molecule has 1 aromatic carbocycles. The number of aliphatic imine (C=N–C) groups is 1. The molecule has 1 aromatic rings. The fourth-order valence-electron chi connectivity index (χ4n) is 2.63. The number of benzene rings is 1. The predicted molar refractivity (Wildman–Crippen MR) is 105 cm³/mol. The van der Waals surface area contributed by atoms with E-state index in [1.165, 1.54) is 18.2 Å². The Morgan fingerprint density at radius 2 is 1.84 bits per heavy atom. The molecule has 2 N–H and O–H groups in total. The molecule has 140 valence electrons. The maximum atomic E-state index is 13.6. The summed E-state index contributed by atoms with van der Waals surface area (Å²) in [7, 11) is 0. The monoisotopic (exact) mass is 466 g/mol. The van der Waals surface area contributed by atoms with Crippen LogP contribution in [0.3, 0.4) is 0 Å². The summed E-state index contributed by atoms with van der Waals surface area (Å²) < 4.78 is 27.2. The van der Waals surface area contributed by atoms with Gasteiger partial charge in [-0.2, -0.15) is 0 Å². The predicted octanol–water partition coefficient (Wildman–Crippen LogP) is 2.30. The highest BCUT2D eigenvalue weighted by atomic mass is 127. The van der Waals surface area contributed by atoms with Crippen molar-refractivity contribution in [2.24, 2.45) is 4.99 Å². The number of amides is 1. The second kappa shape index (κ2) is 11.2. The third-order valence-electron chi connectivity index (χ3n) is 3.90. The Bertz CT molecular complexity index is 572. The average molecular weight is 466 g/mol. The van der Waals surface area contributed by atoms with Crippen molar-refractivity contribution in [3.05, 3.63) is 35.4 Å². The van der Waals surface area contributed by atoms with Gasteiger partial charge in [-0.25, -0.2) is 13.8 Å². The summed E-state index contributed by atoms with van der Waals surface area (Å²) >= 11 is 0. The Hall–Kier alpha value is -1.45. The number of hydrogen-bond donors (Lipinski definition) is 2. The maximum absolute atomic E-state index is 13.6. The summed E-state index contributed by atoms with van der Waals surface area (Å²) in [5.74, 6) is -0.627. The molecule has 0 atom stereocenters. The van der Waals surface area contributed by atoms with Gasteiger partial charge in [0.2, 0.25) is 5.91 Å². The van der Waals surface area contributed by atoms with Gasteiger partial charge in [0.25, 0.3) is 0 Å². The molecule has 1 aliphatic rings. The molecule has 1 amide bonds. The minimum atomic E-state index is -0.553. The lowest BCUT2D eigenvalue weighted by Crippen LogP contribution is -2.39. The van der Waals surface area contributed by atoms with Crippen molar-refractivity contribution in [1.82, 2.24) is 15.5 Å². The molecule has 0 bridgehead atoms. The van der Waals surface area contributed by atoms with Crippen LogP contribution >= 0.6 is 24.0 Å². The fourth-order valence-corrected chi connectivity index (χ4v) is 2.63. The Balaban J connectivity index is 0.00000312. The zero-order valence-corrected chi connectivity index (χ0v) is 16.7. The first kappa shape index (κ1) is 21.6. The van der Waals surface area contributed by atoms with Crippen molar-refractivity contribution in [1.29, 1.82) is 0 Å². The van der Waals surface area contributed by atoms with Crippen molar-refractivity contribution in [3.8, 4) is 0 Å². The summed E-state index contributed by atoms with van der Waals surface area (Å²) in [4.78, 5) is 18.1. The van der Waals surface area contributed by atoms with Crippen LogP contribution < -0.4 is 10.6 Å². The maximum Gasteiger partial charge on any atom is 0.244 e. The van der Waals surface area contributed by atoms with Crippen LogP contribution in [-0.4, -0.2) is 49.5 Å². The molecule has 1 heterocycles. The van der Waals surface area contributed by atoms with E-state index in [9.17, 15) is 13.6 Å². The van der Waals surface area contributed by atoms with Gasteiger partial charge in [-0.15, -0.1) is 24.0 Å². The highest BCUT2D eigenvalue weighted by Gasteiger charge is 2.17. The number of rotatable bonds is 6. The van der Waals surface area contributed by atoms with Gasteiger partial charge in [-0.1, -0.05) is 6.07 Å². The van der Waals surface area contributed by atoms with Gasteiger partial charge in [-0.05, 0) is 38.3 Å². The molecule has 2 rings (SSSR count). The van der Waals surface area contributed by atoms with Gasteiger partial charge in [0.1, 0.15) is 18.2 Å². The van der Waals surface area contributed by atoms with Crippen LogP contribution in [0.4, 0.5) is 8.78 Å². The van der Waals surface area contributed by atoms with Gasteiger partial charge in [-0.3, -0.25) is 4.79 Å². The van der Waals surface area contributed by atoms with E-state index in [0.29, 0.717) is 19.0 Å². The van der Waals surface area contributed by atoms with Crippen molar-refractivity contribution in [2.45, 2.75) is 26.2 Å². The Morgan fingerprint density at radius 3 is 2.44 bits per heavy atom.